The van der Waals surface area contributed by atoms with Gasteiger partial charge in [0.15, 0.2) is 0 Å². The number of benzene rings is 3. The van der Waals surface area contributed by atoms with Gasteiger partial charge in [-0.15, -0.1) is 0 Å². The van der Waals surface area contributed by atoms with Gasteiger partial charge >= 0.3 is 0 Å². The molecular weight excluding hydrogens is 328 g/mol. The second-order valence-electron chi connectivity index (χ2n) is 6.35. The molecule has 0 unspecified atom stereocenters. The summed E-state index contributed by atoms with van der Waals surface area (Å²) in [4.78, 5) is 0. The number of rotatable bonds is 8. The SMILES string of the molecule is CC/C=C/C=C/COC(c1ccccc1)(c1ccccc1)c1ccccc1. The molecule has 0 bridgehead atoms. The summed E-state index contributed by atoms with van der Waals surface area (Å²) >= 11 is 0. The summed E-state index contributed by atoms with van der Waals surface area (Å²) in [7, 11) is 0. The van der Waals surface area contributed by atoms with Gasteiger partial charge in [0.1, 0.15) is 5.60 Å². The first-order valence-corrected chi connectivity index (χ1v) is 9.50. The largest absolute Gasteiger partial charge is 0.357 e. The van der Waals surface area contributed by atoms with Gasteiger partial charge in [0.25, 0.3) is 0 Å². The molecule has 3 aromatic carbocycles. The van der Waals surface area contributed by atoms with Crippen LogP contribution >= 0.6 is 0 Å². The molecule has 0 atom stereocenters. The van der Waals surface area contributed by atoms with Gasteiger partial charge in [-0.25, -0.2) is 0 Å². The van der Waals surface area contributed by atoms with Crippen molar-refractivity contribution in [2.75, 3.05) is 6.61 Å². The van der Waals surface area contributed by atoms with Crippen LogP contribution in [0.5, 0.6) is 0 Å². The first kappa shape index (κ1) is 18.9. The van der Waals surface area contributed by atoms with Gasteiger partial charge in [-0.2, -0.15) is 0 Å². The zero-order valence-corrected chi connectivity index (χ0v) is 15.8. The fourth-order valence-electron chi connectivity index (χ4n) is 3.29. The van der Waals surface area contributed by atoms with Crippen LogP contribution < -0.4 is 0 Å². The van der Waals surface area contributed by atoms with Crippen molar-refractivity contribution < 1.29 is 4.74 Å². The van der Waals surface area contributed by atoms with Crippen LogP contribution in [0, 0.1) is 0 Å². The summed E-state index contributed by atoms with van der Waals surface area (Å²) in [6, 6.07) is 31.4. The second kappa shape index (κ2) is 9.70. The molecule has 0 aliphatic heterocycles. The fraction of sp³-hybridized carbons (Fsp3) is 0.154. The maximum absolute atomic E-state index is 6.65. The lowest BCUT2D eigenvalue weighted by Gasteiger charge is -2.35. The molecule has 27 heavy (non-hydrogen) atoms. The summed E-state index contributed by atoms with van der Waals surface area (Å²) in [5.41, 5.74) is 2.72. The van der Waals surface area contributed by atoms with Crippen molar-refractivity contribution in [1.82, 2.24) is 0 Å². The van der Waals surface area contributed by atoms with Crippen molar-refractivity contribution in [2.24, 2.45) is 0 Å². The zero-order chi connectivity index (χ0) is 18.8. The first-order valence-electron chi connectivity index (χ1n) is 9.50. The van der Waals surface area contributed by atoms with Gasteiger partial charge in [0.2, 0.25) is 0 Å². The Morgan fingerprint density at radius 1 is 0.630 bits per heavy atom. The predicted molar refractivity (Wildman–Crippen MR) is 114 cm³/mol. The molecule has 0 aliphatic carbocycles. The van der Waals surface area contributed by atoms with Crippen molar-refractivity contribution in [3.8, 4) is 0 Å². The van der Waals surface area contributed by atoms with E-state index in [1.807, 2.05) is 18.2 Å². The van der Waals surface area contributed by atoms with Gasteiger partial charge in [-0.1, -0.05) is 122 Å². The monoisotopic (exact) mass is 354 g/mol. The molecule has 1 nitrogen and oxygen atoms in total. The van der Waals surface area contributed by atoms with E-state index in [0.29, 0.717) is 6.61 Å². The lowest BCUT2D eigenvalue weighted by molar-refractivity contribution is 0.0320. The van der Waals surface area contributed by atoms with E-state index in [2.05, 4.69) is 104 Å². The standard InChI is InChI=1S/C26H26O/c1-2-3-4-5-15-22-27-26(23-16-9-6-10-17-23,24-18-11-7-12-19-24)25-20-13-8-14-21-25/h3-21H,2,22H2,1H3/b4-3+,15-5+. The Kier molecular flexibility index (Phi) is 6.78. The van der Waals surface area contributed by atoms with Gasteiger partial charge < -0.3 is 4.74 Å². The summed E-state index contributed by atoms with van der Waals surface area (Å²) in [6.45, 7) is 2.65. The Bertz CT molecular complexity index is 752. The Hall–Kier alpha value is -2.90. The van der Waals surface area contributed by atoms with Crippen LogP contribution in [0.15, 0.2) is 115 Å². The van der Waals surface area contributed by atoms with Crippen molar-refractivity contribution in [2.45, 2.75) is 18.9 Å². The van der Waals surface area contributed by atoms with E-state index >= 15 is 0 Å². The third-order valence-electron chi connectivity index (χ3n) is 4.56. The van der Waals surface area contributed by atoms with Crippen LogP contribution in [0.4, 0.5) is 0 Å². The minimum Gasteiger partial charge on any atom is -0.357 e. The lowest BCUT2D eigenvalue weighted by Crippen LogP contribution is -2.33. The van der Waals surface area contributed by atoms with Crippen LogP contribution in [-0.2, 0) is 10.3 Å². The van der Waals surface area contributed by atoms with Crippen molar-refractivity contribution in [3.63, 3.8) is 0 Å². The molecule has 136 valence electrons. The highest BCUT2D eigenvalue weighted by Gasteiger charge is 2.37. The summed E-state index contributed by atoms with van der Waals surface area (Å²) in [5, 5.41) is 0. The van der Waals surface area contributed by atoms with E-state index in [-0.39, 0.29) is 0 Å². The van der Waals surface area contributed by atoms with E-state index in [0.717, 1.165) is 23.1 Å². The molecule has 0 amide bonds. The van der Waals surface area contributed by atoms with Crippen LogP contribution in [0.2, 0.25) is 0 Å². The molecule has 0 fully saturated rings. The molecule has 1 heteroatoms. The topological polar surface area (TPSA) is 9.23 Å². The zero-order valence-electron chi connectivity index (χ0n) is 15.8. The van der Waals surface area contributed by atoms with Crippen LogP contribution in [0.3, 0.4) is 0 Å². The Balaban J connectivity index is 2.08. The van der Waals surface area contributed by atoms with E-state index < -0.39 is 5.60 Å². The predicted octanol–water partition coefficient (Wildman–Crippen LogP) is 6.52. The molecule has 3 rings (SSSR count). The molecule has 0 aliphatic rings. The average molecular weight is 354 g/mol. The quantitative estimate of drug-likeness (QED) is 0.331. The molecule has 0 saturated carbocycles. The summed E-state index contributed by atoms with van der Waals surface area (Å²) in [5.74, 6) is 0. The maximum Gasteiger partial charge on any atom is 0.144 e. The Labute approximate surface area is 162 Å². The number of allylic oxidation sites excluding steroid dienone is 3. The van der Waals surface area contributed by atoms with Crippen LogP contribution in [0.25, 0.3) is 0 Å². The van der Waals surface area contributed by atoms with E-state index in [1.165, 1.54) is 0 Å². The molecule has 0 radical (unpaired) electrons. The van der Waals surface area contributed by atoms with Crippen molar-refractivity contribution in [3.05, 3.63) is 132 Å². The second-order valence-corrected chi connectivity index (χ2v) is 6.35. The summed E-state index contributed by atoms with van der Waals surface area (Å²) in [6.07, 6.45) is 9.35. The van der Waals surface area contributed by atoms with Gasteiger partial charge in [0, 0.05) is 0 Å². The Morgan fingerprint density at radius 2 is 1.04 bits per heavy atom. The Morgan fingerprint density at radius 3 is 1.44 bits per heavy atom. The minimum atomic E-state index is -0.650. The molecule has 0 spiro atoms. The minimum absolute atomic E-state index is 0.521. The third kappa shape index (κ3) is 4.45. The van der Waals surface area contributed by atoms with Crippen LogP contribution in [0.1, 0.15) is 30.0 Å². The highest BCUT2D eigenvalue weighted by molar-refractivity contribution is 5.47. The maximum atomic E-state index is 6.65. The van der Waals surface area contributed by atoms with Gasteiger partial charge in [-0.3, -0.25) is 0 Å². The van der Waals surface area contributed by atoms with Gasteiger partial charge in [-0.05, 0) is 23.1 Å². The normalized spacial score (nSPS) is 12.0. The summed E-state index contributed by atoms with van der Waals surface area (Å²) < 4.78 is 6.65. The highest BCUT2D eigenvalue weighted by Crippen LogP contribution is 2.40. The molecule has 0 heterocycles. The molecular formula is C26H26O. The number of hydrogen-bond donors (Lipinski definition) is 0. The smallest absolute Gasteiger partial charge is 0.144 e. The molecule has 0 saturated heterocycles. The van der Waals surface area contributed by atoms with Gasteiger partial charge in [0.05, 0.1) is 6.61 Å². The van der Waals surface area contributed by atoms with Crippen molar-refractivity contribution >= 4 is 0 Å². The average Bonchev–Trinajstić information content (AvgIpc) is 2.75. The first-order chi connectivity index (χ1) is 13.4. The number of hydrogen-bond acceptors (Lipinski definition) is 1. The highest BCUT2D eigenvalue weighted by atomic mass is 16.5. The number of ether oxygens (including phenoxy) is 1. The fourth-order valence-corrected chi connectivity index (χ4v) is 3.29. The third-order valence-corrected chi connectivity index (χ3v) is 4.56. The molecule has 3 aromatic rings. The molecule has 0 aromatic heterocycles. The van der Waals surface area contributed by atoms with E-state index in [9.17, 15) is 0 Å². The van der Waals surface area contributed by atoms with Crippen molar-refractivity contribution in [1.29, 1.82) is 0 Å². The van der Waals surface area contributed by atoms with Crippen LogP contribution in [-0.4, -0.2) is 6.61 Å². The van der Waals surface area contributed by atoms with E-state index in [1.54, 1.807) is 0 Å². The molecule has 0 N–H and O–H groups in total. The lowest BCUT2D eigenvalue weighted by atomic mass is 9.80. The van der Waals surface area contributed by atoms with E-state index in [4.69, 9.17) is 4.74 Å².